The first-order valence-corrected chi connectivity index (χ1v) is 11.0. The van der Waals surface area contributed by atoms with Gasteiger partial charge in [-0.3, -0.25) is 9.78 Å². The molecule has 0 bridgehead atoms. The third-order valence-corrected chi connectivity index (χ3v) is 4.11. The second kappa shape index (κ2) is 22.4. The van der Waals surface area contributed by atoms with Crippen molar-refractivity contribution in [2.75, 3.05) is 0 Å². The molecule has 172 valence electrons. The van der Waals surface area contributed by atoms with Gasteiger partial charge in [0.1, 0.15) is 0 Å². The topological polar surface area (TPSA) is 71.1 Å². The van der Waals surface area contributed by atoms with Crippen LogP contribution in [0.5, 0.6) is 0 Å². The van der Waals surface area contributed by atoms with Crippen molar-refractivity contribution < 1.29 is 55.3 Å². The molecule has 2 atom stereocenters. The second-order valence-corrected chi connectivity index (χ2v) is 7.59. The van der Waals surface area contributed by atoms with E-state index in [4.69, 9.17) is 19.6 Å². The van der Waals surface area contributed by atoms with Crippen LogP contribution in [-0.2, 0) is 55.3 Å². The van der Waals surface area contributed by atoms with Gasteiger partial charge < -0.3 is 0 Å². The Kier molecular flexibility index (Phi) is 25.8. The van der Waals surface area contributed by atoms with Crippen LogP contribution in [0.15, 0.2) is 0 Å². The Balaban J connectivity index is -0.000000451. The number of unbranched alkanes of at least 4 members (excludes halogenated alkanes) is 2. The molecule has 2 unspecified atom stereocenters. The van der Waals surface area contributed by atoms with Gasteiger partial charge in [0.2, 0.25) is 0 Å². The smallest absolute Gasteiger partial charge is 0.298 e. The molecule has 7 heteroatoms. The molecule has 0 aliphatic carbocycles. The van der Waals surface area contributed by atoms with Crippen molar-refractivity contribution in [3.8, 4) is 0 Å². The summed E-state index contributed by atoms with van der Waals surface area (Å²) in [4.78, 5) is 41.9. The maximum Gasteiger partial charge on any atom is 0.345 e. The van der Waals surface area contributed by atoms with Gasteiger partial charge in [-0.1, -0.05) is 53.4 Å². The monoisotopic (exact) mass is 494 g/mol. The van der Waals surface area contributed by atoms with Crippen molar-refractivity contribution in [2.24, 2.45) is 11.8 Å². The van der Waals surface area contributed by atoms with Crippen LogP contribution in [0, 0.1) is 11.8 Å². The third kappa shape index (κ3) is 20.8. The van der Waals surface area contributed by atoms with E-state index in [0.717, 1.165) is 51.4 Å². The fraction of sp³-hybridized carbons (Fsp3) is 0.909. The molecule has 0 amide bonds. The van der Waals surface area contributed by atoms with Crippen LogP contribution in [-0.4, -0.2) is 24.1 Å². The summed E-state index contributed by atoms with van der Waals surface area (Å²) < 4.78 is 0. The minimum Gasteiger partial charge on any atom is -0.298 e. The first-order valence-electron chi connectivity index (χ1n) is 11.0. The summed E-state index contributed by atoms with van der Waals surface area (Å²) in [5.74, 6) is -0.466. The maximum atomic E-state index is 11.4. The van der Waals surface area contributed by atoms with Gasteiger partial charge in [-0.25, -0.2) is 9.59 Å². The SMILES string of the molecule is CCCCC(CC)C(=O)OOC(C)C.CCCCC(CC)C(=O)OOC(C)C.[Zr]. The fourth-order valence-corrected chi connectivity index (χ4v) is 2.30. The summed E-state index contributed by atoms with van der Waals surface area (Å²) in [6, 6.07) is 0. The second-order valence-electron chi connectivity index (χ2n) is 7.59. The van der Waals surface area contributed by atoms with Crippen molar-refractivity contribution in [3.05, 3.63) is 0 Å². The molecule has 0 aromatic rings. The Labute approximate surface area is 197 Å². The maximum absolute atomic E-state index is 11.4. The third-order valence-electron chi connectivity index (χ3n) is 4.11. The first kappa shape index (κ1) is 33.4. The summed E-state index contributed by atoms with van der Waals surface area (Å²) in [5, 5.41) is 0. The van der Waals surface area contributed by atoms with Gasteiger partial charge in [-0.05, 0) is 53.4 Å². The molecule has 0 rings (SSSR count). The zero-order valence-electron chi connectivity index (χ0n) is 19.9. The van der Waals surface area contributed by atoms with Crippen LogP contribution < -0.4 is 0 Å². The molecular formula is C22H44O6Zr. The molecule has 0 radical (unpaired) electrons. The van der Waals surface area contributed by atoms with Gasteiger partial charge in [0.15, 0.2) is 0 Å². The van der Waals surface area contributed by atoms with Gasteiger partial charge in [-0.2, -0.15) is 9.78 Å². The summed E-state index contributed by atoms with van der Waals surface area (Å²) >= 11 is 0. The van der Waals surface area contributed by atoms with Gasteiger partial charge in [0.05, 0.1) is 24.0 Å². The largest absolute Gasteiger partial charge is 0.345 e. The van der Waals surface area contributed by atoms with Crippen molar-refractivity contribution in [1.82, 2.24) is 0 Å². The normalized spacial score (nSPS) is 12.5. The number of carbonyl (C=O) groups is 2. The minimum absolute atomic E-state index is 0. The van der Waals surface area contributed by atoms with E-state index in [9.17, 15) is 9.59 Å². The van der Waals surface area contributed by atoms with Crippen LogP contribution in [0.3, 0.4) is 0 Å². The van der Waals surface area contributed by atoms with Crippen molar-refractivity contribution >= 4 is 11.9 Å². The molecule has 0 spiro atoms. The van der Waals surface area contributed by atoms with Crippen LogP contribution >= 0.6 is 0 Å². The molecule has 0 aliphatic heterocycles. The Hall–Kier alpha value is -0.257. The number of carbonyl (C=O) groups excluding carboxylic acids is 2. The molecule has 0 saturated carbocycles. The van der Waals surface area contributed by atoms with E-state index >= 15 is 0 Å². The van der Waals surface area contributed by atoms with E-state index < -0.39 is 0 Å². The van der Waals surface area contributed by atoms with Gasteiger partial charge >= 0.3 is 11.9 Å². The average Bonchev–Trinajstić information content (AvgIpc) is 2.66. The summed E-state index contributed by atoms with van der Waals surface area (Å²) in [7, 11) is 0. The predicted molar refractivity (Wildman–Crippen MR) is 111 cm³/mol. The van der Waals surface area contributed by atoms with E-state index in [1.54, 1.807) is 0 Å². The molecule has 0 aromatic carbocycles. The molecular weight excluding hydrogens is 451 g/mol. The molecule has 0 N–H and O–H groups in total. The zero-order valence-corrected chi connectivity index (χ0v) is 22.4. The molecule has 0 aromatic heterocycles. The molecule has 0 fully saturated rings. The number of hydrogen-bond donors (Lipinski definition) is 0. The van der Waals surface area contributed by atoms with E-state index in [2.05, 4.69) is 13.8 Å². The average molecular weight is 496 g/mol. The molecule has 0 saturated heterocycles. The summed E-state index contributed by atoms with van der Waals surface area (Å²) in [6.07, 6.45) is 7.64. The van der Waals surface area contributed by atoms with E-state index in [1.165, 1.54) is 0 Å². The van der Waals surface area contributed by atoms with Crippen LogP contribution in [0.25, 0.3) is 0 Å². The van der Waals surface area contributed by atoms with Gasteiger partial charge in [0.25, 0.3) is 0 Å². The molecule has 6 nitrogen and oxygen atoms in total. The number of hydrogen-bond acceptors (Lipinski definition) is 6. The van der Waals surface area contributed by atoms with E-state index in [1.807, 2.05) is 41.5 Å². The quantitative estimate of drug-likeness (QED) is 0.212. The van der Waals surface area contributed by atoms with Crippen LogP contribution in [0.2, 0.25) is 0 Å². The summed E-state index contributed by atoms with van der Waals surface area (Å²) in [6.45, 7) is 15.6. The van der Waals surface area contributed by atoms with Crippen molar-refractivity contribution in [1.29, 1.82) is 0 Å². The fourth-order valence-electron chi connectivity index (χ4n) is 2.30. The minimum atomic E-state index is -0.227. The first-order chi connectivity index (χ1) is 13.2. The van der Waals surface area contributed by atoms with E-state index in [-0.39, 0.29) is 62.2 Å². The van der Waals surface area contributed by atoms with Crippen LogP contribution in [0.4, 0.5) is 0 Å². The number of rotatable bonds is 14. The Morgan fingerprint density at radius 2 is 0.966 bits per heavy atom. The van der Waals surface area contributed by atoms with Gasteiger partial charge in [0, 0.05) is 26.2 Å². The van der Waals surface area contributed by atoms with Crippen molar-refractivity contribution in [3.63, 3.8) is 0 Å². The molecule has 29 heavy (non-hydrogen) atoms. The Morgan fingerprint density at radius 1 is 0.655 bits per heavy atom. The Morgan fingerprint density at radius 3 is 1.17 bits per heavy atom. The van der Waals surface area contributed by atoms with Gasteiger partial charge in [-0.15, -0.1) is 0 Å². The van der Waals surface area contributed by atoms with Crippen molar-refractivity contribution in [2.45, 2.75) is 119 Å². The predicted octanol–water partition coefficient (Wildman–Crippen LogP) is 6.17. The zero-order chi connectivity index (χ0) is 21.9. The van der Waals surface area contributed by atoms with E-state index in [0.29, 0.717) is 0 Å². The molecule has 0 heterocycles. The Bertz CT molecular complexity index is 351. The molecule has 0 aliphatic rings. The summed E-state index contributed by atoms with van der Waals surface area (Å²) in [5.41, 5.74) is 0. The standard InChI is InChI=1S/2C11H22O3.Zr/c2*1-5-7-8-10(6-2)11(12)14-13-9(3)4;/h2*9-10H,5-8H2,1-4H3;. The van der Waals surface area contributed by atoms with Crippen LogP contribution in [0.1, 0.15) is 107 Å².